The maximum atomic E-state index is 12.1. The Labute approximate surface area is 162 Å². The smallest absolute Gasteiger partial charge is 0.269 e. The van der Waals surface area contributed by atoms with E-state index in [2.05, 4.69) is 10.0 Å². The largest absolute Gasteiger partial charge is 0.484 e. The van der Waals surface area contributed by atoms with Crippen LogP contribution >= 0.6 is 0 Å². The van der Waals surface area contributed by atoms with Crippen LogP contribution in [0.1, 0.15) is 11.1 Å². The van der Waals surface area contributed by atoms with E-state index in [4.69, 9.17) is 4.74 Å². The number of sulfonamides is 1. The highest BCUT2D eigenvalue weighted by Crippen LogP contribution is 2.16. The summed E-state index contributed by atoms with van der Waals surface area (Å²) < 4.78 is 31.9. The van der Waals surface area contributed by atoms with Crippen molar-refractivity contribution in [3.8, 4) is 5.75 Å². The van der Waals surface area contributed by atoms with E-state index in [-0.39, 0.29) is 36.2 Å². The zero-order chi connectivity index (χ0) is 20.7. The quantitative estimate of drug-likeness (QED) is 0.370. The van der Waals surface area contributed by atoms with Crippen LogP contribution in [0.4, 0.5) is 5.69 Å². The van der Waals surface area contributed by atoms with E-state index in [0.717, 1.165) is 35.4 Å². The number of ether oxygens (including phenoxy) is 1. The maximum absolute atomic E-state index is 12.1. The number of non-ortho nitro benzene ring substituents is 1. The first kappa shape index (κ1) is 21.3. The van der Waals surface area contributed by atoms with Gasteiger partial charge in [0.25, 0.3) is 11.6 Å². The molecule has 0 saturated heterocycles. The van der Waals surface area contributed by atoms with Crippen LogP contribution in [0.15, 0.2) is 47.4 Å². The van der Waals surface area contributed by atoms with Crippen molar-refractivity contribution < 1.29 is 22.9 Å². The second-order valence-electron chi connectivity index (χ2n) is 6.03. The van der Waals surface area contributed by atoms with Gasteiger partial charge in [-0.2, -0.15) is 0 Å². The van der Waals surface area contributed by atoms with Crippen molar-refractivity contribution in [3.05, 3.63) is 63.7 Å². The number of hydrogen-bond acceptors (Lipinski definition) is 6. The van der Waals surface area contributed by atoms with Gasteiger partial charge in [0, 0.05) is 25.2 Å². The first-order valence-corrected chi connectivity index (χ1v) is 9.88. The Bertz CT molecular complexity index is 958. The molecule has 0 aliphatic carbocycles. The minimum absolute atomic E-state index is 0.0330. The van der Waals surface area contributed by atoms with E-state index < -0.39 is 14.9 Å². The highest BCUT2D eigenvalue weighted by Gasteiger charge is 2.15. The van der Waals surface area contributed by atoms with Crippen molar-refractivity contribution in [3.63, 3.8) is 0 Å². The van der Waals surface area contributed by atoms with Crippen molar-refractivity contribution in [2.75, 3.05) is 19.7 Å². The Kier molecular flexibility index (Phi) is 7.07. The van der Waals surface area contributed by atoms with Gasteiger partial charge in [0.05, 0.1) is 9.82 Å². The van der Waals surface area contributed by atoms with Gasteiger partial charge in [-0.15, -0.1) is 0 Å². The topological polar surface area (TPSA) is 128 Å². The fourth-order valence-electron chi connectivity index (χ4n) is 2.22. The van der Waals surface area contributed by atoms with Crippen LogP contribution in [0.2, 0.25) is 0 Å². The summed E-state index contributed by atoms with van der Waals surface area (Å²) in [5, 5.41) is 13.1. The molecule has 0 atom stereocenters. The number of carbonyl (C=O) groups is 1. The van der Waals surface area contributed by atoms with Crippen LogP contribution in [-0.2, 0) is 14.8 Å². The van der Waals surface area contributed by atoms with Crippen molar-refractivity contribution >= 4 is 21.6 Å². The molecule has 0 saturated carbocycles. The van der Waals surface area contributed by atoms with E-state index in [1.54, 1.807) is 6.07 Å². The van der Waals surface area contributed by atoms with E-state index in [1.165, 1.54) is 0 Å². The van der Waals surface area contributed by atoms with Crippen LogP contribution in [0.5, 0.6) is 5.75 Å². The standard InChI is InChI=1S/C18H21N3O6S/c1-13-3-6-16(11-14(13)2)27-12-18(22)19-9-10-20-28(25,26)17-7-4-15(5-8-17)21(23)24/h3-8,11,20H,9-10,12H2,1-2H3,(H,19,22). The zero-order valence-corrected chi connectivity index (χ0v) is 16.3. The normalized spacial score (nSPS) is 11.1. The number of amides is 1. The predicted octanol–water partition coefficient (Wildman–Crippen LogP) is 1.69. The molecule has 0 spiro atoms. The summed E-state index contributed by atoms with van der Waals surface area (Å²) in [4.78, 5) is 21.7. The fraction of sp³-hybridized carbons (Fsp3) is 0.278. The average molecular weight is 407 g/mol. The molecule has 0 fully saturated rings. The highest BCUT2D eigenvalue weighted by atomic mass is 32.2. The van der Waals surface area contributed by atoms with Crippen LogP contribution in [-0.4, -0.2) is 38.9 Å². The fourth-order valence-corrected chi connectivity index (χ4v) is 3.25. The van der Waals surface area contributed by atoms with Crippen LogP contribution in [0, 0.1) is 24.0 Å². The van der Waals surface area contributed by atoms with E-state index in [9.17, 15) is 23.3 Å². The monoisotopic (exact) mass is 407 g/mol. The van der Waals surface area contributed by atoms with E-state index in [0.29, 0.717) is 5.75 Å². The lowest BCUT2D eigenvalue weighted by Gasteiger charge is -2.10. The molecule has 9 nitrogen and oxygen atoms in total. The third-order valence-corrected chi connectivity index (χ3v) is 5.42. The number of carbonyl (C=O) groups excluding carboxylic acids is 1. The summed E-state index contributed by atoms with van der Waals surface area (Å²) in [6.07, 6.45) is 0. The molecule has 150 valence electrons. The second kappa shape index (κ2) is 9.29. The molecule has 0 unspecified atom stereocenters. The molecule has 2 aromatic rings. The molecule has 28 heavy (non-hydrogen) atoms. The number of nitro groups is 1. The summed E-state index contributed by atoms with van der Waals surface area (Å²) in [6.45, 7) is 3.77. The van der Waals surface area contributed by atoms with Crippen molar-refractivity contribution in [1.29, 1.82) is 0 Å². The van der Waals surface area contributed by atoms with Crippen molar-refractivity contribution in [2.24, 2.45) is 0 Å². The molecule has 0 aliphatic rings. The molecular weight excluding hydrogens is 386 g/mol. The van der Waals surface area contributed by atoms with Gasteiger partial charge >= 0.3 is 0 Å². The average Bonchev–Trinajstić information content (AvgIpc) is 2.66. The van der Waals surface area contributed by atoms with Gasteiger partial charge < -0.3 is 10.1 Å². The summed E-state index contributed by atoms with van der Waals surface area (Å²) in [7, 11) is -3.82. The number of aryl methyl sites for hydroxylation is 2. The number of nitrogens with one attached hydrogen (secondary N) is 2. The molecular formula is C18H21N3O6S. The number of nitrogens with zero attached hydrogens (tertiary/aromatic N) is 1. The summed E-state index contributed by atoms with van der Waals surface area (Å²) in [5.74, 6) is 0.199. The van der Waals surface area contributed by atoms with Crippen molar-refractivity contribution in [1.82, 2.24) is 10.0 Å². The van der Waals surface area contributed by atoms with Gasteiger partial charge in [-0.25, -0.2) is 13.1 Å². The van der Waals surface area contributed by atoms with Gasteiger partial charge in [-0.3, -0.25) is 14.9 Å². The van der Waals surface area contributed by atoms with Gasteiger partial charge in [-0.05, 0) is 49.2 Å². The maximum Gasteiger partial charge on any atom is 0.269 e. The molecule has 0 aliphatic heterocycles. The van der Waals surface area contributed by atoms with Gasteiger partial charge in [0.2, 0.25) is 10.0 Å². The first-order valence-electron chi connectivity index (χ1n) is 8.40. The Balaban J connectivity index is 1.75. The Morgan fingerprint density at radius 1 is 1.07 bits per heavy atom. The predicted molar refractivity (Wildman–Crippen MR) is 103 cm³/mol. The minimum atomic E-state index is -3.82. The number of rotatable bonds is 9. The first-order chi connectivity index (χ1) is 13.2. The number of benzene rings is 2. The SMILES string of the molecule is Cc1ccc(OCC(=O)NCCNS(=O)(=O)c2ccc([N+](=O)[O-])cc2)cc1C. The molecule has 1 amide bonds. The molecule has 0 radical (unpaired) electrons. The Morgan fingerprint density at radius 2 is 1.75 bits per heavy atom. The number of hydrogen-bond donors (Lipinski definition) is 2. The second-order valence-corrected chi connectivity index (χ2v) is 7.80. The van der Waals surface area contributed by atoms with Crippen LogP contribution in [0.25, 0.3) is 0 Å². The lowest BCUT2D eigenvalue weighted by molar-refractivity contribution is -0.384. The Morgan fingerprint density at radius 3 is 2.36 bits per heavy atom. The third-order valence-electron chi connectivity index (χ3n) is 3.95. The molecule has 2 aromatic carbocycles. The lowest BCUT2D eigenvalue weighted by atomic mass is 10.1. The molecule has 0 aromatic heterocycles. The third kappa shape index (κ3) is 6.03. The zero-order valence-electron chi connectivity index (χ0n) is 15.5. The van der Waals surface area contributed by atoms with Gasteiger partial charge in [0.1, 0.15) is 5.75 Å². The highest BCUT2D eigenvalue weighted by molar-refractivity contribution is 7.89. The molecule has 2 N–H and O–H groups in total. The van der Waals surface area contributed by atoms with E-state index >= 15 is 0 Å². The molecule has 2 rings (SSSR count). The van der Waals surface area contributed by atoms with Gasteiger partial charge in [-0.1, -0.05) is 6.07 Å². The molecule has 0 heterocycles. The molecule has 0 bridgehead atoms. The molecule has 10 heteroatoms. The van der Waals surface area contributed by atoms with Crippen LogP contribution < -0.4 is 14.8 Å². The van der Waals surface area contributed by atoms with Crippen molar-refractivity contribution in [2.45, 2.75) is 18.7 Å². The van der Waals surface area contributed by atoms with Crippen LogP contribution in [0.3, 0.4) is 0 Å². The minimum Gasteiger partial charge on any atom is -0.484 e. The summed E-state index contributed by atoms with van der Waals surface area (Å²) >= 11 is 0. The Hall–Kier alpha value is -2.98. The van der Waals surface area contributed by atoms with E-state index in [1.807, 2.05) is 26.0 Å². The summed E-state index contributed by atoms with van der Waals surface area (Å²) in [6, 6.07) is 10.0. The lowest BCUT2D eigenvalue weighted by Crippen LogP contribution is -2.36. The summed E-state index contributed by atoms with van der Waals surface area (Å²) in [5.41, 5.74) is 1.98. The number of nitro benzene ring substituents is 1. The van der Waals surface area contributed by atoms with Gasteiger partial charge in [0.15, 0.2) is 6.61 Å².